The largest absolute Gasteiger partial charge is 0.349 e. The fourth-order valence-corrected chi connectivity index (χ4v) is 2.80. The van der Waals surface area contributed by atoms with E-state index in [1.54, 1.807) is 18.2 Å². The summed E-state index contributed by atoms with van der Waals surface area (Å²) >= 11 is 11.7. The third-order valence-corrected chi connectivity index (χ3v) is 4.31. The Balaban J connectivity index is 0.00000120. The number of carbonyl (C=O) groups excluding carboxylic acids is 1. The van der Waals surface area contributed by atoms with E-state index in [1.807, 2.05) is 0 Å². The SMILES string of the molecule is Cl.O=C(NC1C2CNCC21)c1ccc(Cl)c(Cl)c1. The van der Waals surface area contributed by atoms with Crippen molar-refractivity contribution in [2.24, 2.45) is 11.8 Å². The van der Waals surface area contributed by atoms with Gasteiger partial charge in [0.15, 0.2) is 0 Å². The van der Waals surface area contributed by atoms with E-state index in [-0.39, 0.29) is 18.3 Å². The van der Waals surface area contributed by atoms with Gasteiger partial charge in [0, 0.05) is 24.7 Å². The van der Waals surface area contributed by atoms with Crippen molar-refractivity contribution in [3.8, 4) is 0 Å². The second kappa shape index (κ2) is 5.25. The average molecular weight is 308 g/mol. The van der Waals surface area contributed by atoms with E-state index in [9.17, 15) is 4.79 Å². The summed E-state index contributed by atoms with van der Waals surface area (Å²) in [5.74, 6) is 1.16. The van der Waals surface area contributed by atoms with Crippen LogP contribution in [0.25, 0.3) is 0 Å². The molecule has 2 atom stereocenters. The molecule has 2 aliphatic rings. The summed E-state index contributed by atoms with van der Waals surface area (Å²) in [4.78, 5) is 12.0. The molecule has 2 fully saturated rings. The molecule has 3 rings (SSSR count). The molecular formula is C12H13Cl3N2O. The van der Waals surface area contributed by atoms with Gasteiger partial charge in [-0.3, -0.25) is 4.79 Å². The van der Waals surface area contributed by atoms with Gasteiger partial charge in [0.25, 0.3) is 5.91 Å². The highest BCUT2D eigenvalue weighted by Gasteiger charge is 2.53. The topological polar surface area (TPSA) is 41.1 Å². The standard InChI is InChI=1S/C12H12Cl2N2O.ClH/c13-9-2-1-6(3-10(9)14)12(17)16-11-7-4-15-5-8(7)11;/h1-3,7-8,11,15H,4-5H2,(H,16,17);1H. The maximum absolute atomic E-state index is 12.0. The Morgan fingerprint density at radius 3 is 2.50 bits per heavy atom. The monoisotopic (exact) mass is 306 g/mol. The van der Waals surface area contributed by atoms with Gasteiger partial charge in [-0.15, -0.1) is 12.4 Å². The fraction of sp³-hybridized carbons (Fsp3) is 0.417. The second-order valence-corrected chi connectivity index (χ2v) is 5.43. The van der Waals surface area contributed by atoms with Gasteiger partial charge >= 0.3 is 0 Å². The molecule has 18 heavy (non-hydrogen) atoms. The molecule has 1 aromatic carbocycles. The van der Waals surface area contributed by atoms with Gasteiger partial charge in [-0.2, -0.15) is 0 Å². The van der Waals surface area contributed by atoms with Crippen molar-refractivity contribution in [1.82, 2.24) is 10.6 Å². The molecule has 2 unspecified atom stereocenters. The van der Waals surface area contributed by atoms with Gasteiger partial charge in [-0.05, 0) is 30.0 Å². The van der Waals surface area contributed by atoms with Gasteiger partial charge < -0.3 is 10.6 Å². The van der Waals surface area contributed by atoms with E-state index < -0.39 is 0 Å². The minimum Gasteiger partial charge on any atom is -0.349 e. The maximum atomic E-state index is 12.0. The van der Waals surface area contributed by atoms with Crippen LogP contribution in [0.3, 0.4) is 0 Å². The van der Waals surface area contributed by atoms with Crippen LogP contribution >= 0.6 is 35.6 Å². The smallest absolute Gasteiger partial charge is 0.251 e. The second-order valence-electron chi connectivity index (χ2n) is 4.61. The zero-order chi connectivity index (χ0) is 12.0. The Kier molecular flexibility index (Phi) is 4.07. The van der Waals surface area contributed by atoms with Crippen LogP contribution in [0.5, 0.6) is 0 Å². The lowest BCUT2D eigenvalue weighted by atomic mass is 10.2. The summed E-state index contributed by atoms with van der Waals surface area (Å²) in [6.45, 7) is 2.02. The highest BCUT2D eigenvalue weighted by Crippen LogP contribution is 2.41. The molecule has 1 aromatic rings. The highest BCUT2D eigenvalue weighted by atomic mass is 35.5. The lowest BCUT2D eigenvalue weighted by molar-refractivity contribution is 0.0946. The van der Waals surface area contributed by atoms with Gasteiger partial charge in [-0.1, -0.05) is 23.2 Å². The predicted molar refractivity (Wildman–Crippen MR) is 74.8 cm³/mol. The van der Waals surface area contributed by atoms with Crippen molar-refractivity contribution in [2.45, 2.75) is 6.04 Å². The van der Waals surface area contributed by atoms with Crippen molar-refractivity contribution in [3.63, 3.8) is 0 Å². The summed E-state index contributed by atoms with van der Waals surface area (Å²) in [7, 11) is 0. The summed E-state index contributed by atoms with van der Waals surface area (Å²) in [5, 5.41) is 7.21. The first-order chi connectivity index (χ1) is 8.16. The molecule has 0 aromatic heterocycles. The molecule has 0 radical (unpaired) electrons. The van der Waals surface area contributed by atoms with Gasteiger partial charge in [0.2, 0.25) is 0 Å². The van der Waals surface area contributed by atoms with Gasteiger partial charge in [0.1, 0.15) is 0 Å². The minimum atomic E-state index is -0.0667. The number of fused-ring (bicyclic) bond motifs is 1. The number of piperidine rings is 1. The predicted octanol–water partition coefficient (Wildman–Crippen LogP) is 2.36. The quantitative estimate of drug-likeness (QED) is 0.881. The molecule has 1 saturated heterocycles. The number of benzene rings is 1. The zero-order valence-electron chi connectivity index (χ0n) is 9.45. The average Bonchev–Trinajstić information content (AvgIpc) is 2.76. The first-order valence-corrected chi connectivity index (χ1v) is 6.39. The van der Waals surface area contributed by atoms with E-state index in [2.05, 4.69) is 10.6 Å². The van der Waals surface area contributed by atoms with Gasteiger partial charge in [0.05, 0.1) is 10.0 Å². The van der Waals surface area contributed by atoms with Crippen molar-refractivity contribution in [1.29, 1.82) is 0 Å². The molecule has 1 saturated carbocycles. The Morgan fingerprint density at radius 1 is 1.22 bits per heavy atom. The third-order valence-electron chi connectivity index (χ3n) is 3.57. The van der Waals surface area contributed by atoms with E-state index in [0.29, 0.717) is 33.5 Å². The molecule has 0 bridgehead atoms. The highest BCUT2D eigenvalue weighted by molar-refractivity contribution is 6.42. The summed E-state index contributed by atoms with van der Waals surface area (Å²) in [6, 6.07) is 5.28. The van der Waals surface area contributed by atoms with Crippen LogP contribution in [0.4, 0.5) is 0 Å². The van der Waals surface area contributed by atoms with Crippen LogP contribution in [0, 0.1) is 11.8 Å². The minimum absolute atomic E-state index is 0. The molecule has 1 heterocycles. The summed E-state index contributed by atoms with van der Waals surface area (Å²) in [5.41, 5.74) is 0.567. The fourth-order valence-electron chi connectivity index (χ4n) is 2.50. The van der Waals surface area contributed by atoms with Crippen molar-refractivity contribution >= 4 is 41.5 Å². The van der Waals surface area contributed by atoms with Crippen LogP contribution in [0.15, 0.2) is 18.2 Å². The van der Waals surface area contributed by atoms with Crippen LogP contribution in [-0.2, 0) is 0 Å². The number of hydrogen-bond acceptors (Lipinski definition) is 2. The number of hydrogen-bond donors (Lipinski definition) is 2. The number of halogens is 3. The normalized spacial score (nSPS) is 28.2. The molecule has 1 aliphatic heterocycles. The Morgan fingerprint density at radius 2 is 1.89 bits per heavy atom. The number of rotatable bonds is 2. The molecule has 98 valence electrons. The van der Waals surface area contributed by atoms with Gasteiger partial charge in [-0.25, -0.2) is 0 Å². The summed E-state index contributed by atoms with van der Waals surface area (Å²) < 4.78 is 0. The Bertz CT molecular complexity index is 470. The first-order valence-electron chi connectivity index (χ1n) is 5.63. The Labute approximate surface area is 122 Å². The zero-order valence-corrected chi connectivity index (χ0v) is 11.8. The summed E-state index contributed by atoms with van der Waals surface area (Å²) in [6.07, 6.45) is 0. The third kappa shape index (κ3) is 2.45. The van der Waals surface area contributed by atoms with E-state index in [4.69, 9.17) is 23.2 Å². The molecule has 1 amide bonds. The van der Waals surface area contributed by atoms with Crippen LogP contribution in [-0.4, -0.2) is 25.0 Å². The van der Waals surface area contributed by atoms with Crippen LogP contribution in [0.2, 0.25) is 10.0 Å². The Hall–Kier alpha value is -0.480. The van der Waals surface area contributed by atoms with E-state index in [1.165, 1.54) is 0 Å². The molecule has 2 N–H and O–H groups in total. The lowest BCUT2D eigenvalue weighted by Crippen LogP contribution is -2.32. The number of carbonyl (C=O) groups is 1. The van der Waals surface area contributed by atoms with E-state index >= 15 is 0 Å². The van der Waals surface area contributed by atoms with Crippen molar-refractivity contribution < 1.29 is 4.79 Å². The molecule has 6 heteroatoms. The molecule has 1 aliphatic carbocycles. The number of nitrogens with one attached hydrogen (secondary N) is 2. The number of amides is 1. The van der Waals surface area contributed by atoms with Crippen LogP contribution < -0.4 is 10.6 Å². The lowest BCUT2D eigenvalue weighted by Gasteiger charge is -2.08. The molecule has 0 spiro atoms. The van der Waals surface area contributed by atoms with Crippen LogP contribution in [0.1, 0.15) is 10.4 Å². The maximum Gasteiger partial charge on any atom is 0.251 e. The van der Waals surface area contributed by atoms with E-state index in [0.717, 1.165) is 13.1 Å². The molecule has 3 nitrogen and oxygen atoms in total. The first kappa shape index (κ1) is 13.9. The van der Waals surface area contributed by atoms with Crippen molar-refractivity contribution in [2.75, 3.05) is 13.1 Å². The van der Waals surface area contributed by atoms with Crippen molar-refractivity contribution in [3.05, 3.63) is 33.8 Å². The molecular weight excluding hydrogens is 295 g/mol.